The minimum absolute atomic E-state index is 0. The number of rotatable bonds is 11. The highest BCUT2D eigenvalue weighted by Gasteiger charge is 2.10. The van der Waals surface area contributed by atoms with Gasteiger partial charge in [0.2, 0.25) is 0 Å². The molecule has 5 nitrogen and oxygen atoms in total. The fraction of sp³-hybridized carbons (Fsp3) is 0.938. The summed E-state index contributed by atoms with van der Waals surface area (Å²) in [5.74, 6) is 0.907. The predicted octanol–water partition coefficient (Wildman–Crippen LogP) is 2.46. The molecule has 1 heterocycles. The van der Waals surface area contributed by atoms with Crippen molar-refractivity contribution in [3.63, 3.8) is 0 Å². The number of ether oxygens (including phenoxy) is 1. The molecule has 0 atom stereocenters. The zero-order valence-corrected chi connectivity index (χ0v) is 16.7. The Bertz CT molecular complexity index is 271. The van der Waals surface area contributed by atoms with Crippen LogP contribution < -0.4 is 10.6 Å². The van der Waals surface area contributed by atoms with Crippen LogP contribution in [-0.4, -0.2) is 63.8 Å². The Labute approximate surface area is 153 Å². The zero-order chi connectivity index (χ0) is 15.2. The van der Waals surface area contributed by atoms with Crippen molar-refractivity contribution in [1.82, 2.24) is 15.5 Å². The second-order valence-electron chi connectivity index (χ2n) is 5.65. The molecule has 1 aliphatic rings. The summed E-state index contributed by atoms with van der Waals surface area (Å²) in [6, 6.07) is 0. The Morgan fingerprint density at radius 3 is 2.32 bits per heavy atom. The molecule has 0 spiro atoms. The average Bonchev–Trinajstić information content (AvgIpc) is 3.01. The SMILES string of the molecule is CCCCOCCCNC(=NC)NCCCN1CCCC1.I. The highest BCUT2D eigenvalue weighted by molar-refractivity contribution is 14.0. The van der Waals surface area contributed by atoms with Crippen molar-refractivity contribution in [1.29, 1.82) is 0 Å². The van der Waals surface area contributed by atoms with Crippen molar-refractivity contribution in [2.75, 3.05) is 53.0 Å². The highest BCUT2D eigenvalue weighted by Crippen LogP contribution is 2.06. The Morgan fingerprint density at radius 2 is 1.68 bits per heavy atom. The molecule has 22 heavy (non-hydrogen) atoms. The third kappa shape index (κ3) is 11.5. The van der Waals surface area contributed by atoms with Crippen LogP contribution in [0.1, 0.15) is 45.4 Å². The van der Waals surface area contributed by atoms with Gasteiger partial charge in [0.15, 0.2) is 5.96 Å². The molecule has 0 unspecified atom stereocenters. The van der Waals surface area contributed by atoms with Crippen molar-refractivity contribution < 1.29 is 4.74 Å². The van der Waals surface area contributed by atoms with E-state index in [4.69, 9.17) is 4.74 Å². The first-order valence-electron chi connectivity index (χ1n) is 8.61. The summed E-state index contributed by atoms with van der Waals surface area (Å²) >= 11 is 0. The van der Waals surface area contributed by atoms with Crippen molar-refractivity contribution in [2.45, 2.75) is 45.4 Å². The van der Waals surface area contributed by atoms with Crippen LogP contribution >= 0.6 is 24.0 Å². The van der Waals surface area contributed by atoms with Crippen LogP contribution in [0.15, 0.2) is 4.99 Å². The molecular weight excluding hydrogens is 391 g/mol. The van der Waals surface area contributed by atoms with E-state index in [0.717, 1.165) is 45.1 Å². The van der Waals surface area contributed by atoms with Crippen LogP contribution in [0.4, 0.5) is 0 Å². The van der Waals surface area contributed by atoms with Crippen LogP contribution in [0.3, 0.4) is 0 Å². The lowest BCUT2D eigenvalue weighted by Crippen LogP contribution is -2.39. The second kappa shape index (κ2) is 15.8. The molecule has 0 radical (unpaired) electrons. The van der Waals surface area contributed by atoms with Gasteiger partial charge in [-0.25, -0.2) is 0 Å². The van der Waals surface area contributed by atoms with Crippen LogP contribution in [0.2, 0.25) is 0 Å². The number of halogens is 1. The van der Waals surface area contributed by atoms with Crippen molar-refractivity contribution >= 4 is 29.9 Å². The number of unbranched alkanes of at least 4 members (excludes halogenated alkanes) is 1. The van der Waals surface area contributed by atoms with E-state index < -0.39 is 0 Å². The largest absolute Gasteiger partial charge is 0.381 e. The van der Waals surface area contributed by atoms with Gasteiger partial charge in [-0.15, -0.1) is 24.0 Å². The molecule has 1 fully saturated rings. The monoisotopic (exact) mass is 426 g/mol. The summed E-state index contributed by atoms with van der Waals surface area (Å²) in [5.41, 5.74) is 0. The number of hydrogen-bond donors (Lipinski definition) is 2. The lowest BCUT2D eigenvalue weighted by Gasteiger charge is -2.16. The summed E-state index contributed by atoms with van der Waals surface area (Å²) in [4.78, 5) is 6.79. The van der Waals surface area contributed by atoms with Crippen LogP contribution in [0, 0.1) is 0 Å². The van der Waals surface area contributed by atoms with Crippen LogP contribution in [-0.2, 0) is 4.74 Å². The molecule has 0 aliphatic carbocycles. The normalized spacial score (nSPS) is 15.6. The van der Waals surface area contributed by atoms with Crippen molar-refractivity contribution in [3.8, 4) is 0 Å². The highest BCUT2D eigenvalue weighted by atomic mass is 127. The summed E-state index contributed by atoms with van der Waals surface area (Å²) in [7, 11) is 1.83. The Hall–Kier alpha value is -0.0800. The summed E-state index contributed by atoms with van der Waals surface area (Å²) in [5, 5.41) is 6.71. The third-order valence-corrected chi connectivity index (χ3v) is 3.77. The fourth-order valence-electron chi connectivity index (χ4n) is 2.47. The molecular formula is C16H35IN4O. The zero-order valence-electron chi connectivity index (χ0n) is 14.4. The number of guanidine groups is 1. The summed E-state index contributed by atoms with van der Waals surface area (Å²) in [6.45, 7) is 9.58. The van der Waals surface area contributed by atoms with Gasteiger partial charge in [0.1, 0.15) is 0 Å². The van der Waals surface area contributed by atoms with Gasteiger partial charge < -0.3 is 20.3 Å². The molecule has 0 aromatic carbocycles. The molecule has 1 rings (SSSR count). The van der Waals surface area contributed by atoms with Gasteiger partial charge in [-0.1, -0.05) is 13.3 Å². The maximum atomic E-state index is 5.54. The molecule has 2 N–H and O–H groups in total. The Morgan fingerprint density at radius 1 is 1.05 bits per heavy atom. The van der Waals surface area contributed by atoms with E-state index in [9.17, 15) is 0 Å². The summed E-state index contributed by atoms with van der Waals surface area (Å²) < 4.78 is 5.54. The number of nitrogens with zero attached hydrogens (tertiary/aromatic N) is 2. The van der Waals surface area contributed by atoms with Gasteiger partial charge in [-0.05, 0) is 51.7 Å². The molecule has 0 aromatic rings. The molecule has 1 aliphatic heterocycles. The standard InChI is InChI=1S/C16H34N4O.HI/c1-3-4-14-21-15-8-10-19-16(17-2)18-9-7-13-20-11-5-6-12-20;/h3-15H2,1-2H3,(H2,17,18,19);1H. The lowest BCUT2D eigenvalue weighted by molar-refractivity contribution is 0.129. The first kappa shape index (κ1) is 21.9. The topological polar surface area (TPSA) is 48.9 Å². The minimum Gasteiger partial charge on any atom is -0.381 e. The smallest absolute Gasteiger partial charge is 0.190 e. The van der Waals surface area contributed by atoms with E-state index >= 15 is 0 Å². The lowest BCUT2D eigenvalue weighted by atomic mass is 10.3. The van der Waals surface area contributed by atoms with Gasteiger partial charge in [0.25, 0.3) is 0 Å². The van der Waals surface area contributed by atoms with Gasteiger partial charge in [0, 0.05) is 33.4 Å². The molecule has 0 saturated carbocycles. The maximum Gasteiger partial charge on any atom is 0.190 e. The van der Waals surface area contributed by atoms with Gasteiger partial charge >= 0.3 is 0 Å². The fourth-order valence-corrected chi connectivity index (χ4v) is 2.47. The molecule has 0 bridgehead atoms. The van der Waals surface area contributed by atoms with Crippen LogP contribution in [0.5, 0.6) is 0 Å². The van der Waals surface area contributed by atoms with Crippen molar-refractivity contribution in [2.24, 2.45) is 4.99 Å². The first-order valence-corrected chi connectivity index (χ1v) is 8.61. The van der Waals surface area contributed by atoms with Gasteiger partial charge in [0.05, 0.1) is 0 Å². The van der Waals surface area contributed by atoms with E-state index in [1.165, 1.54) is 45.3 Å². The minimum atomic E-state index is 0. The van der Waals surface area contributed by atoms with E-state index in [0.29, 0.717) is 0 Å². The first-order chi connectivity index (χ1) is 10.4. The number of nitrogens with one attached hydrogen (secondary N) is 2. The van der Waals surface area contributed by atoms with Crippen LogP contribution in [0.25, 0.3) is 0 Å². The third-order valence-electron chi connectivity index (χ3n) is 3.77. The van der Waals surface area contributed by atoms with E-state index in [2.05, 4.69) is 27.4 Å². The number of likely N-dealkylation sites (tertiary alicyclic amines) is 1. The van der Waals surface area contributed by atoms with E-state index in [-0.39, 0.29) is 24.0 Å². The number of hydrogen-bond acceptors (Lipinski definition) is 3. The van der Waals surface area contributed by atoms with E-state index in [1.807, 2.05) is 7.05 Å². The molecule has 0 amide bonds. The van der Waals surface area contributed by atoms with Crippen molar-refractivity contribution in [3.05, 3.63) is 0 Å². The average molecular weight is 426 g/mol. The van der Waals surface area contributed by atoms with E-state index in [1.54, 1.807) is 0 Å². The second-order valence-corrected chi connectivity index (χ2v) is 5.65. The van der Waals surface area contributed by atoms with Gasteiger partial charge in [-0.3, -0.25) is 4.99 Å². The molecule has 0 aromatic heterocycles. The van der Waals surface area contributed by atoms with Gasteiger partial charge in [-0.2, -0.15) is 0 Å². The molecule has 6 heteroatoms. The Balaban J connectivity index is 0.00000441. The maximum absolute atomic E-state index is 5.54. The molecule has 132 valence electrons. The number of aliphatic imine (C=N–C) groups is 1. The molecule has 1 saturated heterocycles. The Kier molecular flexibility index (Phi) is 15.7. The quantitative estimate of drug-likeness (QED) is 0.231. The summed E-state index contributed by atoms with van der Waals surface area (Å²) in [6.07, 6.45) is 7.31. The predicted molar refractivity (Wildman–Crippen MR) is 105 cm³/mol.